The molecule has 0 radical (unpaired) electrons. The molecule has 1 aliphatic heterocycles. The van der Waals surface area contributed by atoms with Crippen molar-refractivity contribution >= 4 is 23.5 Å². The number of ketones is 1. The standard InChI is InChI=1S/C20H19ClO4/c1-3-4-9-24-17-7-5-13(10-18(17)23-2)11-19-20(22)15-12-14(21)6-8-16(15)25-19/h5-8,10-12H,3-4,9H2,1-2H3/b19-11-. The van der Waals surface area contributed by atoms with Gasteiger partial charge in [0.25, 0.3) is 0 Å². The Morgan fingerprint density at radius 3 is 2.76 bits per heavy atom. The number of unbranched alkanes of at least 4 members (excludes halogenated alkanes) is 1. The van der Waals surface area contributed by atoms with Gasteiger partial charge >= 0.3 is 0 Å². The van der Waals surface area contributed by atoms with Crippen molar-refractivity contribution in [1.82, 2.24) is 0 Å². The molecule has 0 unspecified atom stereocenters. The second kappa shape index (κ2) is 7.62. The maximum atomic E-state index is 12.4. The van der Waals surface area contributed by atoms with Crippen LogP contribution in [-0.4, -0.2) is 19.5 Å². The molecule has 4 nitrogen and oxygen atoms in total. The predicted molar refractivity (Wildman–Crippen MR) is 97.8 cm³/mol. The molecule has 0 bridgehead atoms. The van der Waals surface area contributed by atoms with Gasteiger partial charge in [-0.05, 0) is 48.4 Å². The third kappa shape index (κ3) is 3.80. The maximum Gasteiger partial charge on any atom is 0.232 e. The molecule has 0 aliphatic carbocycles. The van der Waals surface area contributed by atoms with Gasteiger partial charge in [-0.2, -0.15) is 0 Å². The molecule has 0 amide bonds. The van der Waals surface area contributed by atoms with E-state index in [1.165, 1.54) is 0 Å². The summed E-state index contributed by atoms with van der Waals surface area (Å²) < 4.78 is 16.8. The van der Waals surface area contributed by atoms with E-state index in [0.29, 0.717) is 34.4 Å². The molecule has 1 heterocycles. The van der Waals surface area contributed by atoms with E-state index < -0.39 is 0 Å². The Bertz CT molecular complexity index is 826. The number of halogens is 1. The Labute approximate surface area is 152 Å². The third-order valence-electron chi connectivity index (χ3n) is 3.87. The van der Waals surface area contributed by atoms with Crippen LogP contribution < -0.4 is 14.2 Å². The van der Waals surface area contributed by atoms with Gasteiger partial charge in [0, 0.05) is 5.02 Å². The summed E-state index contributed by atoms with van der Waals surface area (Å²) in [5.41, 5.74) is 1.27. The van der Waals surface area contributed by atoms with Crippen LogP contribution in [-0.2, 0) is 0 Å². The number of hydrogen-bond donors (Lipinski definition) is 0. The summed E-state index contributed by atoms with van der Waals surface area (Å²) in [6, 6.07) is 10.5. The lowest BCUT2D eigenvalue weighted by atomic mass is 10.1. The Morgan fingerprint density at radius 2 is 2.00 bits per heavy atom. The van der Waals surface area contributed by atoms with E-state index in [0.717, 1.165) is 18.4 Å². The van der Waals surface area contributed by atoms with Crippen molar-refractivity contribution in [3.05, 3.63) is 58.3 Å². The fourth-order valence-corrected chi connectivity index (χ4v) is 2.70. The van der Waals surface area contributed by atoms with Crippen LogP contribution in [0, 0.1) is 0 Å². The largest absolute Gasteiger partial charge is 0.493 e. The summed E-state index contributed by atoms with van der Waals surface area (Å²) >= 11 is 5.95. The van der Waals surface area contributed by atoms with Crippen molar-refractivity contribution in [2.45, 2.75) is 19.8 Å². The highest BCUT2D eigenvalue weighted by molar-refractivity contribution is 6.31. The van der Waals surface area contributed by atoms with Crippen LogP contribution >= 0.6 is 11.6 Å². The molecule has 0 atom stereocenters. The molecule has 0 saturated carbocycles. The Balaban J connectivity index is 1.83. The van der Waals surface area contributed by atoms with Gasteiger partial charge in [-0.15, -0.1) is 0 Å². The molecule has 0 aromatic heterocycles. The minimum absolute atomic E-state index is 0.181. The van der Waals surface area contributed by atoms with Crippen molar-refractivity contribution in [3.63, 3.8) is 0 Å². The van der Waals surface area contributed by atoms with Crippen LogP contribution in [0.3, 0.4) is 0 Å². The maximum absolute atomic E-state index is 12.4. The van der Waals surface area contributed by atoms with Crippen LogP contribution in [0.4, 0.5) is 0 Å². The van der Waals surface area contributed by atoms with Gasteiger partial charge in [-0.3, -0.25) is 4.79 Å². The molecule has 3 rings (SSSR count). The van der Waals surface area contributed by atoms with Gasteiger partial charge in [0.1, 0.15) is 5.75 Å². The summed E-state index contributed by atoms with van der Waals surface area (Å²) in [4.78, 5) is 12.4. The lowest BCUT2D eigenvalue weighted by molar-refractivity contribution is 0.101. The second-order valence-corrected chi connectivity index (χ2v) is 6.13. The highest BCUT2D eigenvalue weighted by Gasteiger charge is 2.27. The van der Waals surface area contributed by atoms with Crippen LogP contribution in [0.25, 0.3) is 6.08 Å². The highest BCUT2D eigenvalue weighted by Crippen LogP contribution is 2.35. The zero-order valence-electron chi connectivity index (χ0n) is 14.2. The number of methoxy groups -OCH3 is 1. The van der Waals surface area contributed by atoms with Gasteiger partial charge in [0.15, 0.2) is 17.3 Å². The Morgan fingerprint density at radius 1 is 1.16 bits per heavy atom. The summed E-state index contributed by atoms with van der Waals surface area (Å²) in [6.45, 7) is 2.75. The summed E-state index contributed by atoms with van der Waals surface area (Å²) in [5, 5.41) is 0.507. The Hall–Kier alpha value is -2.46. The summed E-state index contributed by atoms with van der Waals surface area (Å²) in [5.74, 6) is 1.91. The lowest BCUT2D eigenvalue weighted by Gasteiger charge is -2.11. The van der Waals surface area contributed by atoms with Crippen LogP contribution in [0.1, 0.15) is 35.7 Å². The van der Waals surface area contributed by atoms with Crippen LogP contribution in [0.15, 0.2) is 42.2 Å². The molecule has 0 fully saturated rings. The predicted octanol–water partition coefficient (Wildman–Crippen LogP) is 5.14. The number of allylic oxidation sites excluding steroid dienone is 1. The lowest BCUT2D eigenvalue weighted by Crippen LogP contribution is -2.00. The first-order valence-electron chi connectivity index (χ1n) is 8.17. The van der Waals surface area contributed by atoms with Gasteiger partial charge in [0.05, 0.1) is 19.3 Å². The van der Waals surface area contributed by atoms with Gasteiger partial charge < -0.3 is 14.2 Å². The summed E-state index contributed by atoms with van der Waals surface area (Å²) in [6.07, 6.45) is 3.74. The fourth-order valence-electron chi connectivity index (χ4n) is 2.53. The number of Topliss-reactive ketones (excluding diaryl/α,β-unsaturated/α-hetero) is 1. The average Bonchev–Trinajstić information content (AvgIpc) is 2.92. The van der Waals surface area contributed by atoms with E-state index in [9.17, 15) is 4.79 Å². The molecular formula is C20H19ClO4. The first-order valence-corrected chi connectivity index (χ1v) is 8.55. The minimum Gasteiger partial charge on any atom is -0.493 e. The van der Waals surface area contributed by atoms with Crippen LogP contribution in [0.5, 0.6) is 17.2 Å². The van der Waals surface area contributed by atoms with Gasteiger partial charge in [-0.25, -0.2) is 0 Å². The Kier molecular flexibility index (Phi) is 5.29. The van der Waals surface area contributed by atoms with E-state index in [1.807, 2.05) is 18.2 Å². The van der Waals surface area contributed by atoms with Gasteiger partial charge in [0.2, 0.25) is 5.78 Å². The molecule has 1 aliphatic rings. The highest BCUT2D eigenvalue weighted by atomic mass is 35.5. The van der Waals surface area contributed by atoms with Crippen molar-refractivity contribution in [2.75, 3.05) is 13.7 Å². The first-order chi connectivity index (χ1) is 12.1. The monoisotopic (exact) mass is 358 g/mol. The van der Waals surface area contributed by atoms with E-state index in [2.05, 4.69) is 6.92 Å². The fraction of sp³-hybridized carbons (Fsp3) is 0.250. The number of carbonyl (C=O) groups excluding carboxylic acids is 1. The van der Waals surface area contributed by atoms with Crippen molar-refractivity contribution < 1.29 is 19.0 Å². The summed E-state index contributed by atoms with van der Waals surface area (Å²) in [7, 11) is 1.59. The first kappa shape index (κ1) is 17.4. The zero-order valence-corrected chi connectivity index (χ0v) is 14.9. The molecule has 0 saturated heterocycles. The smallest absolute Gasteiger partial charge is 0.232 e. The quantitative estimate of drug-likeness (QED) is 0.529. The topological polar surface area (TPSA) is 44.8 Å². The van der Waals surface area contributed by atoms with E-state index >= 15 is 0 Å². The van der Waals surface area contributed by atoms with Crippen LogP contribution in [0.2, 0.25) is 5.02 Å². The molecule has 0 N–H and O–H groups in total. The number of fused-ring (bicyclic) bond motifs is 1. The molecular weight excluding hydrogens is 340 g/mol. The molecule has 130 valence electrons. The number of carbonyl (C=O) groups is 1. The number of benzene rings is 2. The molecule has 25 heavy (non-hydrogen) atoms. The number of hydrogen-bond acceptors (Lipinski definition) is 4. The van der Waals surface area contributed by atoms with E-state index in [4.69, 9.17) is 25.8 Å². The SMILES string of the molecule is CCCCOc1ccc(/C=C2\Oc3ccc(Cl)cc3C2=O)cc1OC. The molecule has 5 heteroatoms. The minimum atomic E-state index is -0.181. The number of rotatable bonds is 6. The van der Waals surface area contributed by atoms with Crippen molar-refractivity contribution in [3.8, 4) is 17.2 Å². The van der Waals surface area contributed by atoms with Crippen molar-refractivity contribution in [1.29, 1.82) is 0 Å². The van der Waals surface area contributed by atoms with E-state index in [1.54, 1.807) is 31.4 Å². The molecule has 2 aromatic rings. The van der Waals surface area contributed by atoms with Crippen molar-refractivity contribution in [2.24, 2.45) is 0 Å². The third-order valence-corrected chi connectivity index (χ3v) is 4.11. The second-order valence-electron chi connectivity index (χ2n) is 5.69. The molecule has 0 spiro atoms. The van der Waals surface area contributed by atoms with Gasteiger partial charge in [-0.1, -0.05) is 31.0 Å². The normalized spacial score (nSPS) is 14.4. The van der Waals surface area contributed by atoms with E-state index in [-0.39, 0.29) is 11.5 Å². The zero-order chi connectivity index (χ0) is 17.8. The molecule has 2 aromatic carbocycles. The average molecular weight is 359 g/mol. The number of ether oxygens (including phenoxy) is 3.